The summed E-state index contributed by atoms with van der Waals surface area (Å²) in [4.78, 5) is 40.0. The van der Waals surface area contributed by atoms with E-state index in [0.29, 0.717) is 31.6 Å². The van der Waals surface area contributed by atoms with Gasteiger partial charge in [0.15, 0.2) is 0 Å². The third-order valence-electron chi connectivity index (χ3n) is 6.19. The van der Waals surface area contributed by atoms with Crippen LogP contribution in [0, 0.1) is 5.41 Å². The normalized spacial score (nSPS) is 18.5. The first kappa shape index (κ1) is 24.5. The number of nitrogens with one attached hydrogen (secondary N) is 3. The number of hydrogen-bond acceptors (Lipinski definition) is 4. The molecule has 0 aliphatic heterocycles. The molecule has 2 aromatic rings. The minimum Gasteiger partial charge on any atom is -0.384 e. The van der Waals surface area contributed by atoms with Gasteiger partial charge in [0.05, 0.1) is 18.1 Å². The Morgan fingerprint density at radius 1 is 1.18 bits per heavy atom. The molecule has 1 aromatic carbocycles. The molecule has 0 fully saturated rings. The maximum atomic E-state index is 12.9. The predicted molar refractivity (Wildman–Crippen MR) is 128 cm³/mol. The summed E-state index contributed by atoms with van der Waals surface area (Å²) in [6, 6.07) is 10.6. The summed E-state index contributed by atoms with van der Waals surface area (Å²) in [6.45, 7) is 4.66. The van der Waals surface area contributed by atoms with Crippen LogP contribution >= 0.6 is 0 Å². The zero-order valence-corrected chi connectivity index (χ0v) is 19.6. The van der Waals surface area contributed by atoms with Crippen molar-refractivity contribution in [2.75, 3.05) is 13.7 Å². The Kier molecular flexibility index (Phi) is 8.22. The van der Waals surface area contributed by atoms with Crippen molar-refractivity contribution in [3.63, 3.8) is 0 Å². The lowest BCUT2D eigenvalue weighted by Gasteiger charge is -2.32. The first-order chi connectivity index (χ1) is 15.9. The summed E-state index contributed by atoms with van der Waals surface area (Å²) >= 11 is 0. The minimum atomic E-state index is -0.501. The lowest BCUT2D eigenvalue weighted by Crippen LogP contribution is -2.44. The fraction of sp³-hybridized carbons (Fsp3) is 0.423. The van der Waals surface area contributed by atoms with Crippen molar-refractivity contribution in [1.29, 1.82) is 0 Å². The zero-order chi connectivity index (χ0) is 23.8. The van der Waals surface area contributed by atoms with Crippen molar-refractivity contribution >= 4 is 11.8 Å². The second-order valence-electron chi connectivity index (χ2n) is 8.66. The third kappa shape index (κ3) is 6.20. The number of aromatic amines is 1. The Hall–Kier alpha value is -3.19. The van der Waals surface area contributed by atoms with Crippen LogP contribution in [0.15, 0.2) is 53.3 Å². The van der Waals surface area contributed by atoms with E-state index in [4.69, 9.17) is 4.74 Å². The summed E-state index contributed by atoms with van der Waals surface area (Å²) in [6.07, 6.45) is 7.17. The molecule has 0 radical (unpaired) electrons. The largest absolute Gasteiger partial charge is 0.384 e. The van der Waals surface area contributed by atoms with Gasteiger partial charge in [0.1, 0.15) is 0 Å². The summed E-state index contributed by atoms with van der Waals surface area (Å²) in [5.74, 6) is -0.271. The highest BCUT2D eigenvalue weighted by atomic mass is 16.5. The smallest absolute Gasteiger partial charge is 0.252 e. The van der Waals surface area contributed by atoms with Gasteiger partial charge in [-0.05, 0) is 49.8 Å². The highest BCUT2D eigenvalue weighted by Crippen LogP contribution is 2.33. The molecule has 3 rings (SSSR count). The average molecular weight is 452 g/mol. The van der Waals surface area contributed by atoms with Gasteiger partial charge in [-0.15, -0.1) is 0 Å². The van der Waals surface area contributed by atoms with Crippen molar-refractivity contribution in [3.8, 4) is 0 Å². The molecule has 0 saturated carbocycles. The number of ether oxygens (including phenoxy) is 1. The molecule has 3 N–H and O–H groups in total. The zero-order valence-electron chi connectivity index (χ0n) is 19.6. The molecule has 2 atom stereocenters. The van der Waals surface area contributed by atoms with Gasteiger partial charge in [0.2, 0.25) is 11.5 Å². The number of carbonyl (C=O) groups is 2. The average Bonchev–Trinajstić information content (AvgIpc) is 2.83. The van der Waals surface area contributed by atoms with Crippen LogP contribution in [0.1, 0.15) is 66.3 Å². The monoisotopic (exact) mass is 451 g/mol. The molecule has 0 saturated heterocycles. The molecular weight excluding hydrogens is 418 g/mol. The van der Waals surface area contributed by atoms with Gasteiger partial charge >= 0.3 is 0 Å². The van der Waals surface area contributed by atoms with E-state index in [1.165, 1.54) is 6.07 Å². The third-order valence-corrected chi connectivity index (χ3v) is 6.19. The van der Waals surface area contributed by atoms with E-state index in [9.17, 15) is 14.4 Å². The summed E-state index contributed by atoms with van der Waals surface area (Å²) in [5, 5.41) is 6.00. The van der Waals surface area contributed by atoms with Gasteiger partial charge in [0, 0.05) is 31.0 Å². The van der Waals surface area contributed by atoms with Gasteiger partial charge in [0.25, 0.3) is 5.91 Å². The maximum Gasteiger partial charge on any atom is 0.252 e. The molecule has 1 aliphatic rings. The van der Waals surface area contributed by atoms with Gasteiger partial charge in [-0.3, -0.25) is 14.4 Å². The molecule has 7 heteroatoms. The van der Waals surface area contributed by atoms with E-state index in [1.807, 2.05) is 38.1 Å². The first-order valence-corrected chi connectivity index (χ1v) is 11.4. The van der Waals surface area contributed by atoms with Gasteiger partial charge in [-0.1, -0.05) is 43.3 Å². The molecule has 2 amide bonds. The van der Waals surface area contributed by atoms with Crippen LogP contribution in [0.25, 0.3) is 0 Å². The van der Waals surface area contributed by atoms with Gasteiger partial charge in [-0.25, -0.2) is 0 Å². The fourth-order valence-corrected chi connectivity index (χ4v) is 4.15. The summed E-state index contributed by atoms with van der Waals surface area (Å²) in [5.41, 5.74) is 2.21. The molecule has 0 spiro atoms. The summed E-state index contributed by atoms with van der Waals surface area (Å²) < 4.78 is 5.33. The number of allylic oxidation sites excluding steroid dienone is 2. The number of aromatic nitrogens is 1. The number of hydrogen-bond donors (Lipinski definition) is 3. The van der Waals surface area contributed by atoms with Crippen molar-refractivity contribution < 1.29 is 14.3 Å². The second-order valence-corrected chi connectivity index (χ2v) is 8.66. The summed E-state index contributed by atoms with van der Waals surface area (Å²) in [7, 11) is 1.63. The van der Waals surface area contributed by atoms with E-state index in [1.54, 1.807) is 13.2 Å². The van der Waals surface area contributed by atoms with Crippen LogP contribution in [0.5, 0.6) is 0 Å². The molecule has 176 valence electrons. The molecule has 1 heterocycles. The molecular formula is C26H33N3O4. The molecule has 33 heavy (non-hydrogen) atoms. The van der Waals surface area contributed by atoms with Crippen LogP contribution < -0.4 is 16.2 Å². The van der Waals surface area contributed by atoms with E-state index >= 15 is 0 Å². The van der Waals surface area contributed by atoms with Crippen molar-refractivity contribution in [2.24, 2.45) is 5.41 Å². The minimum absolute atomic E-state index is 0.0164. The topological polar surface area (TPSA) is 100 Å². The van der Waals surface area contributed by atoms with Gasteiger partial charge < -0.3 is 20.4 Å². The van der Waals surface area contributed by atoms with E-state index < -0.39 is 5.41 Å². The predicted octanol–water partition coefficient (Wildman–Crippen LogP) is 3.42. The SMILES string of the molecule is CCc1cc(C(=O)NC(C)c2ccc(CNC(=O)C3(COC)CC=CCC3)cc2)cc(=O)[nH]1. The standard InChI is InChI=1S/C26H33N3O4/c1-4-22-14-21(15-23(30)29-22)24(31)28-18(2)20-10-8-19(9-11-20)16-27-25(32)26(17-33-3)12-6-5-7-13-26/h5-6,8-11,14-15,18H,4,7,12-13,16-17H2,1-3H3,(H,27,32)(H,28,31)(H,29,30). The molecule has 1 aliphatic carbocycles. The highest BCUT2D eigenvalue weighted by Gasteiger charge is 2.37. The van der Waals surface area contributed by atoms with Crippen LogP contribution in [-0.2, 0) is 22.5 Å². The second kappa shape index (κ2) is 11.1. The Bertz CT molecular complexity index is 1060. The number of H-pyrrole nitrogens is 1. The van der Waals surface area contributed by atoms with Crippen molar-refractivity contribution in [3.05, 3.63) is 81.3 Å². The number of benzene rings is 1. The van der Waals surface area contributed by atoms with Crippen LogP contribution in [0.2, 0.25) is 0 Å². The number of aryl methyl sites for hydroxylation is 1. The Labute approximate surface area is 194 Å². The van der Waals surface area contributed by atoms with Crippen LogP contribution in [0.4, 0.5) is 0 Å². The number of amides is 2. The number of rotatable bonds is 9. The quantitative estimate of drug-likeness (QED) is 0.509. The highest BCUT2D eigenvalue weighted by molar-refractivity contribution is 5.94. The lowest BCUT2D eigenvalue weighted by atomic mass is 9.77. The van der Waals surface area contributed by atoms with Crippen LogP contribution in [0.3, 0.4) is 0 Å². The van der Waals surface area contributed by atoms with Crippen LogP contribution in [-0.4, -0.2) is 30.5 Å². The van der Waals surface area contributed by atoms with E-state index in [-0.39, 0.29) is 23.4 Å². The van der Waals surface area contributed by atoms with Crippen molar-refractivity contribution in [1.82, 2.24) is 15.6 Å². The van der Waals surface area contributed by atoms with E-state index in [2.05, 4.69) is 27.8 Å². The first-order valence-electron chi connectivity index (χ1n) is 11.4. The molecule has 0 bridgehead atoms. The lowest BCUT2D eigenvalue weighted by molar-refractivity contribution is -0.135. The fourth-order valence-electron chi connectivity index (χ4n) is 4.15. The molecule has 1 aromatic heterocycles. The maximum absolute atomic E-state index is 12.9. The van der Waals surface area contributed by atoms with E-state index in [0.717, 1.165) is 29.7 Å². The van der Waals surface area contributed by atoms with Gasteiger partial charge in [-0.2, -0.15) is 0 Å². The number of methoxy groups -OCH3 is 1. The molecule has 7 nitrogen and oxygen atoms in total. The Morgan fingerprint density at radius 2 is 1.94 bits per heavy atom. The number of pyridine rings is 1. The molecule has 2 unspecified atom stereocenters. The van der Waals surface area contributed by atoms with Crippen molar-refractivity contribution in [2.45, 2.75) is 52.1 Å². The Morgan fingerprint density at radius 3 is 2.58 bits per heavy atom. The number of carbonyl (C=O) groups excluding carboxylic acids is 2. The Balaban J connectivity index is 1.58.